The van der Waals surface area contributed by atoms with Gasteiger partial charge in [-0.25, -0.2) is 4.98 Å². The minimum atomic E-state index is 0.0543. The van der Waals surface area contributed by atoms with Gasteiger partial charge in [-0.2, -0.15) is 0 Å². The predicted molar refractivity (Wildman–Crippen MR) is 109 cm³/mol. The molecule has 0 spiro atoms. The molecule has 0 fully saturated rings. The van der Waals surface area contributed by atoms with Crippen molar-refractivity contribution in [2.45, 2.75) is 46.2 Å². The van der Waals surface area contributed by atoms with Crippen LogP contribution in [0.1, 0.15) is 41.6 Å². The van der Waals surface area contributed by atoms with Gasteiger partial charge in [0.25, 0.3) is 0 Å². The Bertz CT molecular complexity index is 916. The van der Waals surface area contributed by atoms with Gasteiger partial charge in [0.05, 0.1) is 23.7 Å². The number of aromatic nitrogens is 1. The SMILES string of the molecule is Cc1ccc(CN(C(=O)Cc2csc(Cc3cccc(Cl)c3)n2)C(C)C)o1. The van der Waals surface area contributed by atoms with E-state index in [9.17, 15) is 4.79 Å². The lowest BCUT2D eigenvalue weighted by atomic mass is 10.1. The number of thiazole rings is 1. The lowest BCUT2D eigenvalue weighted by Crippen LogP contribution is -2.37. The van der Waals surface area contributed by atoms with Gasteiger partial charge in [0.2, 0.25) is 5.91 Å². The fraction of sp³-hybridized carbons (Fsp3) is 0.333. The third kappa shape index (κ3) is 5.44. The first-order valence-electron chi connectivity index (χ1n) is 8.93. The van der Waals surface area contributed by atoms with E-state index < -0.39 is 0 Å². The summed E-state index contributed by atoms with van der Waals surface area (Å²) >= 11 is 7.62. The highest BCUT2D eigenvalue weighted by molar-refractivity contribution is 7.09. The van der Waals surface area contributed by atoms with Crippen LogP contribution in [-0.2, 0) is 24.2 Å². The first kappa shape index (κ1) is 19.6. The molecule has 0 saturated carbocycles. The summed E-state index contributed by atoms with van der Waals surface area (Å²) in [6.07, 6.45) is 1.02. The second-order valence-electron chi connectivity index (χ2n) is 6.84. The first-order chi connectivity index (χ1) is 12.9. The van der Waals surface area contributed by atoms with Gasteiger partial charge < -0.3 is 9.32 Å². The van der Waals surface area contributed by atoms with E-state index in [0.717, 1.165) is 39.2 Å². The van der Waals surface area contributed by atoms with Crippen molar-refractivity contribution < 1.29 is 9.21 Å². The molecule has 0 saturated heterocycles. The van der Waals surface area contributed by atoms with Gasteiger partial charge in [-0.05, 0) is 50.6 Å². The highest BCUT2D eigenvalue weighted by Gasteiger charge is 2.20. The first-order valence-corrected chi connectivity index (χ1v) is 10.2. The number of benzene rings is 1. The summed E-state index contributed by atoms with van der Waals surface area (Å²) in [5.74, 6) is 1.71. The number of halogens is 1. The summed E-state index contributed by atoms with van der Waals surface area (Å²) in [5, 5.41) is 3.67. The number of hydrogen-bond acceptors (Lipinski definition) is 4. The molecule has 3 rings (SSSR count). The van der Waals surface area contributed by atoms with E-state index in [0.29, 0.717) is 13.0 Å². The Hall–Kier alpha value is -2.11. The molecule has 1 aromatic carbocycles. The van der Waals surface area contributed by atoms with Crippen LogP contribution in [0.3, 0.4) is 0 Å². The molecule has 27 heavy (non-hydrogen) atoms. The molecule has 0 unspecified atom stereocenters. The number of aryl methyl sites for hydroxylation is 1. The van der Waals surface area contributed by atoms with Crippen LogP contribution in [0.25, 0.3) is 0 Å². The zero-order valence-corrected chi connectivity index (χ0v) is 17.3. The maximum Gasteiger partial charge on any atom is 0.229 e. The van der Waals surface area contributed by atoms with E-state index in [1.54, 1.807) is 11.3 Å². The fourth-order valence-electron chi connectivity index (χ4n) is 2.89. The summed E-state index contributed by atoms with van der Waals surface area (Å²) in [6, 6.07) is 11.7. The van der Waals surface area contributed by atoms with Gasteiger partial charge in [-0.3, -0.25) is 4.79 Å². The van der Waals surface area contributed by atoms with Crippen molar-refractivity contribution in [1.29, 1.82) is 0 Å². The summed E-state index contributed by atoms with van der Waals surface area (Å²) in [7, 11) is 0. The van der Waals surface area contributed by atoms with Crippen molar-refractivity contribution >= 4 is 28.8 Å². The van der Waals surface area contributed by atoms with Crippen LogP contribution >= 0.6 is 22.9 Å². The Labute approximate surface area is 168 Å². The molecular formula is C21H23ClN2O2S. The summed E-state index contributed by atoms with van der Waals surface area (Å²) in [5.41, 5.74) is 1.93. The maximum absolute atomic E-state index is 12.8. The van der Waals surface area contributed by atoms with E-state index in [2.05, 4.69) is 4.98 Å². The van der Waals surface area contributed by atoms with Crippen LogP contribution in [0.4, 0.5) is 0 Å². The van der Waals surface area contributed by atoms with Crippen LogP contribution in [0.5, 0.6) is 0 Å². The molecule has 6 heteroatoms. The molecule has 0 aliphatic carbocycles. The van der Waals surface area contributed by atoms with E-state index >= 15 is 0 Å². The standard InChI is InChI=1S/C21H23ClN2O2S/c1-14(2)24(12-19-8-7-15(3)26-19)21(25)11-18-13-27-20(23-18)10-16-5-4-6-17(22)9-16/h4-9,13-14H,10-12H2,1-3H3. The average Bonchev–Trinajstić information content (AvgIpc) is 3.21. The second-order valence-corrected chi connectivity index (χ2v) is 8.22. The number of carbonyl (C=O) groups is 1. The number of amides is 1. The van der Waals surface area contributed by atoms with Crippen LogP contribution < -0.4 is 0 Å². The average molecular weight is 403 g/mol. The molecule has 4 nitrogen and oxygen atoms in total. The fourth-order valence-corrected chi connectivity index (χ4v) is 3.93. The number of rotatable bonds is 7. The molecule has 0 bridgehead atoms. The van der Waals surface area contributed by atoms with Crippen molar-refractivity contribution in [3.8, 4) is 0 Å². The van der Waals surface area contributed by atoms with Gasteiger partial charge in [0.15, 0.2) is 0 Å². The van der Waals surface area contributed by atoms with Crippen LogP contribution in [0.2, 0.25) is 5.02 Å². The van der Waals surface area contributed by atoms with Crippen molar-refractivity contribution in [1.82, 2.24) is 9.88 Å². The van der Waals surface area contributed by atoms with E-state index in [1.165, 1.54) is 0 Å². The Morgan fingerprint density at radius 2 is 2.11 bits per heavy atom. The molecular weight excluding hydrogens is 380 g/mol. The molecule has 0 N–H and O–H groups in total. The summed E-state index contributed by atoms with van der Waals surface area (Å²) in [6.45, 7) is 6.41. The number of furan rings is 1. The highest BCUT2D eigenvalue weighted by atomic mass is 35.5. The smallest absolute Gasteiger partial charge is 0.229 e. The number of carbonyl (C=O) groups excluding carboxylic acids is 1. The summed E-state index contributed by atoms with van der Waals surface area (Å²) < 4.78 is 5.63. The van der Waals surface area contributed by atoms with Crippen molar-refractivity contribution in [2.75, 3.05) is 0 Å². The van der Waals surface area contributed by atoms with E-state index in [1.807, 2.05) is 67.4 Å². The zero-order chi connectivity index (χ0) is 19.4. The molecule has 142 valence electrons. The molecule has 0 atom stereocenters. The molecule has 3 aromatic rings. The molecule has 0 radical (unpaired) electrons. The van der Waals surface area contributed by atoms with Gasteiger partial charge >= 0.3 is 0 Å². The quantitative estimate of drug-likeness (QED) is 0.540. The third-order valence-electron chi connectivity index (χ3n) is 4.24. The van der Waals surface area contributed by atoms with E-state index in [-0.39, 0.29) is 11.9 Å². The minimum Gasteiger partial charge on any atom is -0.464 e. The Morgan fingerprint density at radius 1 is 1.30 bits per heavy atom. The van der Waals surface area contributed by atoms with Gasteiger partial charge in [0, 0.05) is 22.9 Å². The highest BCUT2D eigenvalue weighted by Crippen LogP contribution is 2.19. The third-order valence-corrected chi connectivity index (χ3v) is 5.37. The molecule has 0 aliphatic heterocycles. The normalized spacial score (nSPS) is 11.1. The topological polar surface area (TPSA) is 46.3 Å². The maximum atomic E-state index is 12.8. The minimum absolute atomic E-state index is 0.0543. The Morgan fingerprint density at radius 3 is 2.78 bits per heavy atom. The predicted octanol–water partition coefficient (Wildman–Crippen LogP) is 5.27. The molecule has 0 aliphatic rings. The molecule has 1 amide bonds. The summed E-state index contributed by atoms with van der Waals surface area (Å²) in [4.78, 5) is 19.3. The number of nitrogens with zero attached hydrogens (tertiary/aromatic N) is 2. The lowest BCUT2D eigenvalue weighted by molar-refractivity contribution is -0.133. The Balaban J connectivity index is 1.64. The largest absolute Gasteiger partial charge is 0.464 e. The van der Waals surface area contributed by atoms with Gasteiger partial charge in [-0.15, -0.1) is 11.3 Å². The Kier molecular flexibility index (Phi) is 6.34. The monoisotopic (exact) mass is 402 g/mol. The zero-order valence-electron chi connectivity index (χ0n) is 15.7. The van der Waals surface area contributed by atoms with Gasteiger partial charge in [-0.1, -0.05) is 23.7 Å². The van der Waals surface area contributed by atoms with Crippen molar-refractivity contribution in [3.63, 3.8) is 0 Å². The van der Waals surface area contributed by atoms with E-state index in [4.69, 9.17) is 16.0 Å². The van der Waals surface area contributed by atoms with Crippen molar-refractivity contribution in [3.05, 3.63) is 74.6 Å². The van der Waals surface area contributed by atoms with Crippen molar-refractivity contribution in [2.24, 2.45) is 0 Å². The van der Waals surface area contributed by atoms with Crippen LogP contribution in [0.15, 0.2) is 46.2 Å². The molecule has 2 aromatic heterocycles. The van der Waals surface area contributed by atoms with Crippen LogP contribution in [0, 0.1) is 6.92 Å². The second kappa shape index (κ2) is 8.72. The van der Waals surface area contributed by atoms with Crippen LogP contribution in [-0.4, -0.2) is 21.8 Å². The van der Waals surface area contributed by atoms with Gasteiger partial charge in [0.1, 0.15) is 11.5 Å². The lowest BCUT2D eigenvalue weighted by Gasteiger charge is -2.25. The molecule has 2 heterocycles. The number of hydrogen-bond donors (Lipinski definition) is 0.